The Labute approximate surface area is 111 Å². The molecule has 0 aromatic carbocycles. The highest BCUT2D eigenvalue weighted by Crippen LogP contribution is 2.26. The Morgan fingerprint density at radius 2 is 1.89 bits per heavy atom. The molecule has 1 heterocycles. The van der Waals surface area contributed by atoms with Gasteiger partial charge in [-0.1, -0.05) is 32.8 Å². The van der Waals surface area contributed by atoms with Crippen LogP contribution in [-0.2, 0) is 6.54 Å². The second kappa shape index (κ2) is 7.49. The second-order valence-corrected chi connectivity index (χ2v) is 5.11. The first kappa shape index (κ1) is 15.1. The van der Waals surface area contributed by atoms with E-state index >= 15 is 0 Å². The van der Waals surface area contributed by atoms with E-state index in [9.17, 15) is 0 Å². The first-order valence-electron chi connectivity index (χ1n) is 6.99. The summed E-state index contributed by atoms with van der Waals surface area (Å²) in [4.78, 5) is 6.80. The Kier molecular flexibility index (Phi) is 6.30. The van der Waals surface area contributed by atoms with Crippen molar-refractivity contribution in [3.63, 3.8) is 0 Å². The predicted octanol–water partition coefficient (Wildman–Crippen LogP) is 2.81. The molecule has 0 amide bonds. The van der Waals surface area contributed by atoms with Crippen LogP contribution in [0.3, 0.4) is 0 Å². The fourth-order valence-electron chi connectivity index (χ4n) is 2.70. The molecule has 102 valence electrons. The van der Waals surface area contributed by atoms with Crippen molar-refractivity contribution >= 4 is 0 Å². The minimum atomic E-state index is 0.126. The lowest BCUT2D eigenvalue weighted by atomic mass is 9.87. The third kappa shape index (κ3) is 3.79. The van der Waals surface area contributed by atoms with Crippen LogP contribution >= 0.6 is 0 Å². The Bertz CT molecular complexity index is 318. The smallest absolute Gasteiger partial charge is 0.0544 e. The van der Waals surface area contributed by atoms with Crippen LogP contribution in [-0.4, -0.2) is 29.0 Å². The van der Waals surface area contributed by atoms with Crippen molar-refractivity contribution in [1.29, 1.82) is 0 Å². The first-order chi connectivity index (χ1) is 8.68. The van der Waals surface area contributed by atoms with Gasteiger partial charge in [-0.05, 0) is 32.0 Å². The van der Waals surface area contributed by atoms with E-state index in [-0.39, 0.29) is 5.54 Å². The van der Waals surface area contributed by atoms with Crippen molar-refractivity contribution < 1.29 is 0 Å². The van der Waals surface area contributed by atoms with Gasteiger partial charge >= 0.3 is 0 Å². The number of rotatable bonds is 8. The van der Waals surface area contributed by atoms with Crippen molar-refractivity contribution in [2.45, 2.75) is 51.6 Å². The number of aromatic nitrogens is 1. The van der Waals surface area contributed by atoms with Gasteiger partial charge in [0, 0.05) is 24.8 Å². The summed E-state index contributed by atoms with van der Waals surface area (Å²) in [5.41, 5.74) is 7.31. The van der Waals surface area contributed by atoms with Gasteiger partial charge in [0.2, 0.25) is 0 Å². The second-order valence-electron chi connectivity index (χ2n) is 5.11. The molecule has 0 radical (unpaired) electrons. The SMILES string of the molecule is CCCC(CN)(CCC)N(C)Cc1ccccn1. The van der Waals surface area contributed by atoms with Crippen molar-refractivity contribution in [1.82, 2.24) is 9.88 Å². The minimum absolute atomic E-state index is 0.126. The first-order valence-corrected chi connectivity index (χ1v) is 6.99. The van der Waals surface area contributed by atoms with Crippen molar-refractivity contribution in [2.75, 3.05) is 13.6 Å². The van der Waals surface area contributed by atoms with Crippen molar-refractivity contribution in [3.05, 3.63) is 30.1 Å². The molecule has 0 saturated heterocycles. The highest BCUT2D eigenvalue weighted by atomic mass is 15.2. The molecule has 18 heavy (non-hydrogen) atoms. The van der Waals surface area contributed by atoms with Crippen LogP contribution in [0.25, 0.3) is 0 Å². The molecule has 0 bridgehead atoms. The third-order valence-corrected chi connectivity index (χ3v) is 3.75. The van der Waals surface area contributed by atoms with Crippen molar-refractivity contribution in [2.24, 2.45) is 5.73 Å². The zero-order chi connectivity index (χ0) is 13.4. The average Bonchev–Trinajstić information content (AvgIpc) is 2.39. The molecule has 3 heteroatoms. The Morgan fingerprint density at radius 3 is 2.33 bits per heavy atom. The normalized spacial score (nSPS) is 12.1. The number of hydrogen-bond donors (Lipinski definition) is 1. The lowest BCUT2D eigenvalue weighted by molar-refractivity contribution is 0.0942. The standard InChI is InChI=1S/C15H27N3/c1-4-9-15(13-16,10-5-2)18(3)12-14-8-6-7-11-17-14/h6-8,11H,4-5,9-10,12-13,16H2,1-3H3. The summed E-state index contributed by atoms with van der Waals surface area (Å²) >= 11 is 0. The molecule has 1 aromatic rings. The molecule has 0 unspecified atom stereocenters. The van der Waals surface area contributed by atoms with Gasteiger partial charge in [0.1, 0.15) is 0 Å². The zero-order valence-corrected chi connectivity index (χ0v) is 12.0. The van der Waals surface area contributed by atoms with E-state index in [1.54, 1.807) is 0 Å². The summed E-state index contributed by atoms with van der Waals surface area (Å²) in [6.45, 7) is 6.05. The Balaban J connectivity index is 2.78. The van der Waals surface area contributed by atoms with Crippen LogP contribution in [0.4, 0.5) is 0 Å². The maximum absolute atomic E-state index is 6.07. The van der Waals surface area contributed by atoms with E-state index < -0.39 is 0 Å². The van der Waals surface area contributed by atoms with Gasteiger partial charge in [0.25, 0.3) is 0 Å². The fraction of sp³-hybridized carbons (Fsp3) is 0.667. The number of nitrogens with two attached hydrogens (primary N) is 1. The van der Waals surface area contributed by atoms with Gasteiger partial charge in [-0.25, -0.2) is 0 Å². The molecule has 0 atom stereocenters. The van der Waals surface area contributed by atoms with Gasteiger partial charge in [0.15, 0.2) is 0 Å². The summed E-state index contributed by atoms with van der Waals surface area (Å²) in [6.07, 6.45) is 6.50. The molecular formula is C15H27N3. The molecule has 2 N–H and O–H groups in total. The van der Waals surface area contributed by atoms with Crippen LogP contribution < -0.4 is 5.73 Å². The minimum Gasteiger partial charge on any atom is -0.329 e. The summed E-state index contributed by atoms with van der Waals surface area (Å²) in [6, 6.07) is 6.08. The van der Waals surface area contributed by atoms with Crippen LogP contribution in [0.1, 0.15) is 45.2 Å². The highest BCUT2D eigenvalue weighted by molar-refractivity contribution is 5.04. The number of hydrogen-bond acceptors (Lipinski definition) is 3. The van der Waals surface area contributed by atoms with Gasteiger partial charge in [-0.2, -0.15) is 0 Å². The zero-order valence-electron chi connectivity index (χ0n) is 12.0. The van der Waals surface area contributed by atoms with Gasteiger partial charge in [-0.15, -0.1) is 0 Å². The maximum atomic E-state index is 6.07. The van der Waals surface area contributed by atoms with E-state index in [0.29, 0.717) is 0 Å². The summed E-state index contributed by atoms with van der Waals surface area (Å²) in [5, 5.41) is 0. The summed E-state index contributed by atoms with van der Waals surface area (Å²) < 4.78 is 0. The van der Waals surface area contributed by atoms with Gasteiger partial charge < -0.3 is 5.73 Å². The van der Waals surface area contributed by atoms with E-state index in [4.69, 9.17) is 5.73 Å². The number of nitrogens with zero attached hydrogens (tertiary/aromatic N) is 2. The van der Waals surface area contributed by atoms with Crippen LogP contribution in [0, 0.1) is 0 Å². The topological polar surface area (TPSA) is 42.1 Å². The van der Waals surface area contributed by atoms with E-state index in [2.05, 4.69) is 36.8 Å². The Morgan fingerprint density at radius 1 is 1.22 bits per heavy atom. The lowest BCUT2D eigenvalue weighted by Crippen LogP contribution is -2.51. The molecule has 0 spiro atoms. The largest absolute Gasteiger partial charge is 0.329 e. The van der Waals surface area contributed by atoms with Crippen LogP contribution in [0.5, 0.6) is 0 Å². The van der Waals surface area contributed by atoms with E-state index in [1.165, 1.54) is 12.8 Å². The fourth-order valence-corrected chi connectivity index (χ4v) is 2.70. The third-order valence-electron chi connectivity index (χ3n) is 3.75. The lowest BCUT2D eigenvalue weighted by Gasteiger charge is -2.41. The molecular weight excluding hydrogens is 222 g/mol. The number of pyridine rings is 1. The molecule has 0 fully saturated rings. The molecule has 0 aliphatic rings. The van der Waals surface area contributed by atoms with Crippen LogP contribution in [0.2, 0.25) is 0 Å². The number of likely N-dealkylation sites (N-methyl/N-ethyl adjacent to an activating group) is 1. The molecule has 0 aliphatic heterocycles. The summed E-state index contributed by atoms with van der Waals surface area (Å²) in [5.74, 6) is 0. The van der Waals surface area contributed by atoms with Gasteiger partial charge in [-0.3, -0.25) is 9.88 Å². The van der Waals surface area contributed by atoms with E-state index in [0.717, 1.165) is 31.6 Å². The quantitative estimate of drug-likeness (QED) is 0.770. The molecule has 1 aromatic heterocycles. The monoisotopic (exact) mass is 249 g/mol. The maximum Gasteiger partial charge on any atom is 0.0544 e. The van der Waals surface area contributed by atoms with E-state index in [1.807, 2.05) is 18.3 Å². The summed E-state index contributed by atoms with van der Waals surface area (Å²) in [7, 11) is 2.17. The van der Waals surface area contributed by atoms with Gasteiger partial charge in [0.05, 0.1) is 5.69 Å². The van der Waals surface area contributed by atoms with Crippen LogP contribution in [0.15, 0.2) is 24.4 Å². The predicted molar refractivity (Wildman–Crippen MR) is 77.3 cm³/mol. The molecule has 3 nitrogen and oxygen atoms in total. The molecule has 0 saturated carbocycles. The average molecular weight is 249 g/mol. The molecule has 1 rings (SSSR count). The van der Waals surface area contributed by atoms with Crippen molar-refractivity contribution in [3.8, 4) is 0 Å². The molecule has 0 aliphatic carbocycles. The Hall–Kier alpha value is -0.930. The highest BCUT2D eigenvalue weighted by Gasteiger charge is 2.31.